The number of carbonyl (C=O) groups is 1. The first-order valence-corrected chi connectivity index (χ1v) is 5.12. The van der Waals surface area contributed by atoms with Crippen LogP contribution < -0.4 is 0 Å². The molecule has 102 valence electrons. The van der Waals surface area contributed by atoms with E-state index in [9.17, 15) is 25.0 Å². The summed E-state index contributed by atoms with van der Waals surface area (Å²) < 4.78 is 1.06. The van der Waals surface area contributed by atoms with E-state index in [-0.39, 0.29) is 5.69 Å². The quantitative estimate of drug-likeness (QED) is 0.657. The fourth-order valence-corrected chi connectivity index (χ4v) is 1.55. The maximum absolute atomic E-state index is 11.0. The summed E-state index contributed by atoms with van der Waals surface area (Å²) in [6.45, 7) is 0. The normalized spacial score (nSPS) is 10.2. The summed E-state index contributed by atoms with van der Waals surface area (Å²) in [5, 5.41) is 33.8. The first kappa shape index (κ1) is 13.1. The van der Waals surface area contributed by atoms with Crippen LogP contribution in [0.15, 0.2) is 30.5 Å². The van der Waals surface area contributed by atoms with Crippen LogP contribution in [-0.2, 0) is 0 Å². The van der Waals surface area contributed by atoms with Crippen LogP contribution in [0.2, 0.25) is 0 Å². The molecule has 1 aromatic heterocycles. The number of nitro groups is 2. The van der Waals surface area contributed by atoms with Gasteiger partial charge in [0.25, 0.3) is 5.69 Å². The Kier molecular flexibility index (Phi) is 3.13. The molecule has 0 radical (unpaired) electrons. The van der Waals surface area contributed by atoms with Gasteiger partial charge in [-0.3, -0.25) is 10.1 Å². The minimum Gasteiger partial charge on any atom is -0.477 e. The Bertz CT molecular complexity index is 722. The topological polar surface area (TPSA) is 141 Å². The lowest BCUT2D eigenvalue weighted by molar-refractivity contribution is -0.389. The molecule has 2 rings (SSSR count). The summed E-state index contributed by atoms with van der Waals surface area (Å²) in [4.78, 5) is 30.7. The molecule has 1 aromatic carbocycles. The van der Waals surface area contributed by atoms with E-state index in [1.54, 1.807) is 0 Å². The molecular weight excluding hydrogens is 272 g/mol. The monoisotopic (exact) mass is 278 g/mol. The largest absolute Gasteiger partial charge is 0.477 e. The van der Waals surface area contributed by atoms with E-state index in [0.717, 1.165) is 22.9 Å². The van der Waals surface area contributed by atoms with Gasteiger partial charge in [0, 0.05) is 6.07 Å². The zero-order valence-electron chi connectivity index (χ0n) is 9.66. The SMILES string of the molecule is O=C(O)c1cc(-n2ccc([N+](=O)[O-])n2)ccc1[N+](=O)[O-]. The van der Waals surface area contributed by atoms with Gasteiger partial charge in [0.2, 0.25) is 0 Å². The van der Waals surface area contributed by atoms with Crippen molar-refractivity contribution in [2.45, 2.75) is 0 Å². The molecule has 0 bridgehead atoms. The summed E-state index contributed by atoms with van der Waals surface area (Å²) >= 11 is 0. The number of carboxylic acids is 1. The van der Waals surface area contributed by atoms with Gasteiger partial charge in [-0.1, -0.05) is 0 Å². The predicted octanol–water partition coefficient (Wildman–Crippen LogP) is 1.39. The average Bonchev–Trinajstić information content (AvgIpc) is 2.87. The number of aromatic nitrogens is 2. The Labute approximate surface area is 110 Å². The van der Waals surface area contributed by atoms with Gasteiger partial charge < -0.3 is 15.2 Å². The summed E-state index contributed by atoms with van der Waals surface area (Å²) in [6.07, 6.45) is 1.25. The van der Waals surface area contributed by atoms with Gasteiger partial charge in [-0.25, -0.2) is 4.79 Å². The highest BCUT2D eigenvalue weighted by molar-refractivity contribution is 5.93. The van der Waals surface area contributed by atoms with E-state index >= 15 is 0 Å². The maximum Gasteiger partial charge on any atom is 0.390 e. The van der Waals surface area contributed by atoms with Crippen LogP contribution in [0.5, 0.6) is 0 Å². The Morgan fingerprint density at radius 1 is 1.20 bits per heavy atom. The number of rotatable bonds is 4. The van der Waals surface area contributed by atoms with E-state index in [1.807, 2.05) is 0 Å². The smallest absolute Gasteiger partial charge is 0.390 e. The summed E-state index contributed by atoms with van der Waals surface area (Å²) in [5.74, 6) is -1.89. The fourth-order valence-electron chi connectivity index (χ4n) is 1.55. The highest BCUT2D eigenvalue weighted by Crippen LogP contribution is 2.22. The van der Waals surface area contributed by atoms with Crippen LogP contribution in [-0.4, -0.2) is 30.7 Å². The lowest BCUT2D eigenvalue weighted by Gasteiger charge is -2.01. The standard InChI is InChI=1S/C10H6N4O6/c15-10(16)7-5-6(1-2-8(7)13(17)18)12-4-3-9(11-12)14(19)20/h1-5H,(H,15,16). The zero-order valence-corrected chi connectivity index (χ0v) is 9.66. The summed E-state index contributed by atoms with van der Waals surface area (Å²) in [7, 11) is 0. The molecule has 2 aromatic rings. The van der Waals surface area contributed by atoms with Crippen LogP contribution in [0, 0.1) is 20.2 Å². The maximum atomic E-state index is 11.0. The molecule has 0 atom stereocenters. The number of carboxylic acid groups (broad SMARTS) is 1. The second-order valence-corrected chi connectivity index (χ2v) is 3.64. The number of nitrogens with zero attached hydrogens (tertiary/aromatic N) is 4. The number of benzene rings is 1. The van der Waals surface area contributed by atoms with Gasteiger partial charge in [-0.05, 0) is 17.1 Å². The zero-order chi connectivity index (χ0) is 14.9. The molecule has 0 fully saturated rings. The number of nitro benzene ring substituents is 1. The van der Waals surface area contributed by atoms with Crippen molar-refractivity contribution in [2.24, 2.45) is 0 Å². The lowest BCUT2D eigenvalue weighted by Crippen LogP contribution is -2.05. The van der Waals surface area contributed by atoms with Gasteiger partial charge >= 0.3 is 11.8 Å². The predicted molar refractivity (Wildman–Crippen MR) is 63.8 cm³/mol. The van der Waals surface area contributed by atoms with Crippen molar-refractivity contribution < 1.29 is 19.7 Å². The van der Waals surface area contributed by atoms with Crippen molar-refractivity contribution in [3.63, 3.8) is 0 Å². The van der Waals surface area contributed by atoms with Crippen molar-refractivity contribution >= 4 is 17.5 Å². The van der Waals surface area contributed by atoms with Gasteiger partial charge in [0.05, 0.1) is 28.0 Å². The minimum absolute atomic E-state index is 0.168. The number of hydrogen-bond donors (Lipinski definition) is 1. The average molecular weight is 278 g/mol. The second kappa shape index (κ2) is 4.76. The molecule has 0 saturated carbocycles. The lowest BCUT2D eigenvalue weighted by atomic mass is 10.1. The highest BCUT2D eigenvalue weighted by Gasteiger charge is 2.22. The van der Waals surface area contributed by atoms with Crippen LogP contribution in [0.3, 0.4) is 0 Å². The molecule has 0 saturated heterocycles. The Morgan fingerprint density at radius 2 is 1.90 bits per heavy atom. The molecule has 0 spiro atoms. The third kappa shape index (κ3) is 2.29. The van der Waals surface area contributed by atoms with Crippen LogP contribution in [0.25, 0.3) is 5.69 Å². The molecule has 0 amide bonds. The van der Waals surface area contributed by atoms with Crippen LogP contribution >= 0.6 is 0 Å². The fraction of sp³-hybridized carbons (Fsp3) is 0. The van der Waals surface area contributed by atoms with Gasteiger partial charge in [-0.15, -0.1) is 4.68 Å². The molecule has 20 heavy (non-hydrogen) atoms. The van der Waals surface area contributed by atoms with Gasteiger partial charge in [-0.2, -0.15) is 0 Å². The summed E-state index contributed by atoms with van der Waals surface area (Å²) in [5.41, 5.74) is -0.922. The van der Waals surface area contributed by atoms with Crippen molar-refractivity contribution in [3.8, 4) is 5.69 Å². The third-order valence-corrected chi connectivity index (χ3v) is 2.43. The Balaban J connectivity index is 2.52. The number of aromatic carboxylic acids is 1. The molecule has 0 unspecified atom stereocenters. The third-order valence-electron chi connectivity index (χ3n) is 2.43. The molecule has 0 aliphatic rings. The first-order chi connectivity index (χ1) is 9.40. The Morgan fingerprint density at radius 3 is 2.40 bits per heavy atom. The van der Waals surface area contributed by atoms with Crippen molar-refractivity contribution in [1.29, 1.82) is 0 Å². The highest BCUT2D eigenvalue weighted by atomic mass is 16.6. The van der Waals surface area contributed by atoms with E-state index in [2.05, 4.69) is 5.10 Å². The van der Waals surface area contributed by atoms with E-state index in [4.69, 9.17) is 5.11 Å². The summed E-state index contributed by atoms with van der Waals surface area (Å²) in [6, 6.07) is 4.41. The van der Waals surface area contributed by atoms with Gasteiger partial charge in [0.1, 0.15) is 5.56 Å². The van der Waals surface area contributed by atoms with Crippen molar-refractivity contribution in [2.75, 3.05) is 0 Å². The van der Waals surface area contributed by atoms with E-state index in [0.29, 0.717) is 0 Å². The van der Waals surface area contributed by atoms with Crippen LogP contribution in [0.1, 0.15) is 10.4 Å². The second-order valence-electron chi connectivity index (χ2n) is 3.64. The first-order valence-electron chi connectivity index (χ1n) is 5.12. The Hall–Kier alpha value is -3.30. The van der Waals surface area contributed by atoms with Crippen LogP contribution in [0.4, 0.5) is 11.5 Å². The van der Waals surface area contributed by atoms with Crippen molar-refractivity contribution in [1.82, 2.24) is 9.78 Å². The molecular formula is C10H6N4O6. The molecule has 0 aliphatic heterocycles. The molecule has 0 aliphatic carbocycles. The minimum atomic E-state index is -1.47. The molecule has 10 heteroatoms. The van der Waals surface area contributed by atoms with E-state index in [1.165, 1.54) is 12.3 Å². The molecule has 10 nitrogen and oxygen atoms in total. The molecule has 1 heterocycles. The number of hydrogen-bond acceptors (Lipinski definition) is 6. The van der Waals surface area contributed by atoms with E-state index < -0.39 is 32.9 Å². The van der Waals surface area contributed by atoms with Gasteiger partial charge in [0.15, 0.2) is 0 Å². The molecule has 1 N–H and O–H groups in total. The van der Waals surface area contributed by atoms with Crippen molar-refractivity contribution in [3.05, 3.63) is 56.3 Å².